The summed E-state index contributed by atoms with van der Waals surface area (Å²) in [4.78, 5) is 5.74. The zero-order chi connectivity index (χ0) is 23.5. The Kier molecular flexibility index (Phi) is 6.18. The number of nitrogens with zero attached hydrogens (tertiary/aromatic N) is 3. The highest BCUT2D eigenvalue weighted by Crippen LogP contribution is 2.46. The first-order chi connectivity index (χ1) is 16.1. The molecule has 2 aliphatic heterocycles. The fourth-order valence-electron chi connectivity index (χ4n) is 3.54. The molecular formula is C22H22ClN5O5. The van der Waals surface area contributed by atoms with Crippen molar-refractivity contribution in [3.63, 3.8) is 0 Å². The van der Waals surface area contributed by atoms with Crippen LogP contribution in [0.3, 0.4) is 0 Å². The van der Waals surface area contributed by atoms with Crippen molar-refractivity contribution in [3.05, 3.63) is 71.0 Å². The largest absolute Gasteiger partial charge is 0.495 e. The number of rotatable bonds is 8. The Labute approximate surface area is 195 Å². The van der Waals surface area contributed by atoms with Gasteiger partial charge in [-0.1, -0.05) is 16.8 Å². The van der Waals surface area contributed by atoms with Crippen molar-refractivity contribution < 1.29 is 23.8 Å². The Hall–Kier alpha value is -4.05. The van der Waals surface area contributed by atoms with Crippen LogP contribution in [0.4, 0.5) is 5.69 Å². The van der Waals surface area contributed by atoms with E-state index in [-0.39, 0.29) is 0 Å². The number of nitrogens with one attached hydrogen (secondary N) is 2. The Balaban J connectivity index is 1.91. The zero-order valence-corrected chi connectivity index (χ0v) is 19.1. The topological polar surface area (TPSA) is 101 Å². The molecular weight excluding hydrogens is 450 g/mol. The first-order valence-corrected chi connectivity index (χ1v) is 10.1. The second-order valence-electron chi connectivity index (χ2n) is 6.75. The predicted molar refractivity (Wildman–Crippen MR) is 122 cm³/mol. The van der Waals surface area contributed by atoms with Crippen LogP contribution in [0.25, 0.3) is 5.70 Å². The third kappa shape index (κ3) is 3.85. The molecule has 0 amide bonds. The molecule has 0 bridgehead atoms. The maximum atomic E-state index is 7.86. The van der Waals surface area contributed by atoms with Gasteiger partial charge in [0.15, 0.2) is 23.1 Å². The van der Waals surface area contributed by atoms with Crippen molar-refractivity contribution >= 4 is 23.0 Å². The molecule has 11 heteroatoms. The molecule has 0 unspecified atom stereocenters. The standard InChI is InChI=1S/C22H22ClN5O5/c1-29-16-12-14(7-8-15(16)23)25-22-20(27(26-24)19-6-5-9-33-28(19)22)13-10-17(30-2)21(32-4)18(11-13)31-3/h5-12,24-25H,1-4H3. The minimum Gasteiger partial charge on any atom is -0.495 e. The van der Waals surface area contributed by atoms with Crippen molar-refractivity contribution in [2.24, 2.45) is 5.22 Å². The van der Waals surface area contributed by atoms with Gasteiger partial charge >= 0.3 is 0 Å². The number of hydroxylamine groups is 2. The first kappa shape index (κ1) is 22.2. The van der Waals surface area contributed by atoms with Crippen molar-refractivity contribution in [3.8, 4) is 23.0 Å². The number of hydrogen-bond donors (Lipinski definition) is 2. The van der Waals surface area contributed by atoms with Crippen LogP contribution in [0.2, 0.25) is 5.02 Å². The number of anilines is 1. The van der Waals surface area contributed by atoms with E-state index in [4.69, 9.17) is 40.9 Å². The average molecular weight is 472 g/mol. The molecule has 4 rings (SSSR count). The number of methoxy groups -OCH3 is 4. The van der Waals surface area contributed by atoms with Crippen LogP contribution >= 0.6 is 11.6 Å². The molecule has 0 aromatic heterocycles. The molecule has 0 saturated carbocycles. The number of fused-ring (bicyclic) bond motifs is 1. The molecule has 2 aliphatic rings. The van der Waals surface area contributed by atoms with E-state index in [1.54, 1.807) is 49.6 Å². The minimum atomic E-state index is 0.448. The van der Waals surface area contributed by atoms with Gasteiger partial charge in [-0.3, -0.25) is 0 Å². The number of hydrogen-bond acceptors (Lipinski definition) is 9. The van der Waals surface area contributed by atoms with Gasteiger partial charge in [0.25, 0.3) is 0 Å². The quantitative estimate of drug-likeness (QED) is 0.520. The molecule has 2 aromatic rings. The summed E-state index contributed by atoms with van der Waals surface area (Å²) in [6, 6.07) is 8.81. The lowest BCUT2D eigenvalue weighted by Gasteiger charge is -2.24. The second kappa shape index (κ2) is 9.21. The molecule has 0 fully saturated rings. The van der Waals surface area contributed by atoms with Crippen LogP contribution in [0, 0.1) is 5.53 Å². The van der Waals surface area contributed by atoms with Gasteiger partial charge in [0.05, 0.1) is 33.5 Å². The summed E-state index contributed by atoms with van der Waals surface area (Å²) < 4.78 is 21.8. The molecule has 0 saturated heterocycles. The molecule has 0 spiro atoms. The van der Waals surface area contributed by atoms with Gasteiger partial charge in [0.1, 0.15) is 17.7 Å². The number of benzene rings is 2. The molecule has 2 N–H and O–H groups in total. The van der Waals surface area contributed by atoms with Crippen LogP contribution in [-0.2, 0) is 4.84 Å². The monoisotopic (exact) mass is 471 g/mol. The molecule has 172 valence electrons. The van der Waals surface area contributed by atoms with Crippen molar-refractivity contribution in [2.45, 2.75) is 0 Å². The van der Waals surface area contributed by atoms with E-state index >= 15 is 0 Å². The Morgan fingerprint density at radius 2 is 1.67 bits per heavy atom. The molecule has 0 aliphatic carbocycles. The average Bonchev–Trinajstić information content (AvgIpc) is 3.17. The third-order valence-corrected chi connectivity index (χ3v) is 5.32. The summed E-state index contributed by atoms with van der Waals surface area (Å²) >= 11 is 6.18. The first-order valence-electron chi connectivity index (χ1n) is 9.72. The van der Waals surface area contributed by atoms with E-state index in [2.05, 4.69) is 10.5 Å². The molecule has 0 atom stereocenters. The van der Waals surface area contributed by atoms with Gasteiger partial charge in [-0.2, -0.15) is 10.5 Å². The van der Waals surface area contributed by atoms with Gasteiger partial charge in [-0.05, 0) is 36.4 Å². The molecule has 2 heterocycles. The van der Waals surface area contributed by atoms with Gasteiger partial charge < -0.3 is 29.1 Å². The van der Waals surface area contributed by atoms with Gasteiger partial charge in [-0.15, -0.1) is 5.06 Å². The van der Waals surface area contributed by atoms with E-state index < -0.39 is 0 Å². The van der Waals surface area contributed by atoms with Gasteiger partial charge in [-0.25, -0.2) is 0 Å². The number of allylic oxidation sites excluding steroid dienone is 2. The molecule has 10 nitrogen and oxygen atoms in total. The summed E-state index contributed by atoms with van der Waals surface area (Å²) in [5.41, 5.74) is 9.70. The summed E-state index contributed by atoms with van der Waals surface area (Å²) in [6.07, 6.45) is 5.01. The number of halogens is 1. The number of ether oxygens (including phenoxy) is 4. The Bertz CT molecular complexity index is 1150. The Morgan fingerprint density at radius 1 is 0.970 bits per heavy atom. The third-order valence-electron chi connectivity index (χ3n) is 5.01. The van der Waals surface area contributed by atoms with Crippen LogP contribution in [-0.4, -0.2) is 38.5 Å². The van der Waals surface area contributed by atoms with Crippen molar-refractivity contribution in [1.82, 2.24) is 10.1 Å². The lowest BCUT2D eigenvalue weighted by Crippen LogP contribution is -2.25. The lowest BCUT2D eigenvalue weighted by atomic mass is 10.1. The molecule has 33 heavy (non-hydrogen) atoms. The van der Waals surface area contributed by atoms with Crippen LogP contribution < -0.4 is 24.3 Å². The van der Waals surface area contributed by atoms with E-state index in [0.29, 0.717) is 56.6 Å². The van der Waals surface area contributed by atoms with Gasteiger partial charge in [0.2, 0.25) is 5.75 Å². The minimum absolute atomic E-state index is 0.448. The van der Waals surface area contributed by atoms with E-state index in [1.165, 1.54) is 37.7 Å². The van der Waals surface area contributed by atoms with Crippen molar-refractivity contribution in [2.75, 3.05) is 33.8 Å². The van der Waals surface area contributed by atoms with Gasteiger partial charge in [0, 0.05) is 17.3 Å². The zero-order valence-electron chi connectivity index (χ0n) is 18.4. The summed E-state index contributed by atoms with van der Waals surface area (Å²) in [5, 5.41) is 10.5. The fourth-order valence-corrected chi connectivity index (χ4v) is 3.73. The fraction of sp³-hybridized carbons (Fsp3) is 0.182. The van der Waals surface area contributed by atoms with Crippen LogP contribution in [0.1, 0.15) is 5.56 Å². The smallest absolute Gasteiger partial charge is 0.203 e. The molecule has 2 aromatic carbocycles. The SMILES string of the molecule is COc1cc(NC2=C(c3cc(OC)c(OC)c(OC)c3)N(N=N)C3=CC=CON32)ccc1Cl. The van der Waals surface area contributed by atoms with Crippen LogP contribution in [0.15, 0.2) is 65.6 Å². The van der Waals surface area contributed by atoms with E-state index in [1.807, 2.05) is 0 Å². The van der Waals surface area contributed by atoms with Crippen molar-refractivity contribution in [1.29, 1.82) is 5.53 Å². The van der Waals surface area contributed by atoms with Crippen LogP contribution in [0.5, 0.6) is 23.0 Å². The molecule has 0 radical (unpaired) electrons. The summed E-state index contributed by atoms with van der Waals surface area (Å²) in [6.45, 7) is 0. The second-order valence-corrected chi connectivity index (χ2v) is 7.16. The Morgan fingerprint density at radius 3 is 2.27 bits per heavy atom. The predicted octanol–water partition coefficient (Wildman–Crippen LogP) is 4.98. The van der Waals surface area contributed by atoms with E-state index in [9.17, 15) is 0 Å². The maximum Gasteiger partial charge on any atom is 0.203 e. The summed E-state index contributed by atoms with van der Waals surface area (Å²) in [5.74, 6) is 2.87. The highest BCUT2D eigenvalue weighted by molar-refractivity contribution is 6.32. The van der Waals surface area contributed by atoms with E-state index in [0.717, 1.165) is 0 Å². The normalized spacial score (nSPS) is 14.4. The lowest BCUT2D eigenvalue weighted by molar-refractivity contribution is -0.0462. The maximum absolute atomic E-state index is 7.86. The highest BCUT2D eigenvalue weighted by atomic mass is 35.5. The highest BCUT2D eigenvalue weighted by Gasteiger charge is 2.39. The summed E-state index contributed by atoms with van der Waals surface area (Å²) in [7, 11) is 6.15.